The third-order valence-electron chi connectivity index (χ3n) is 1.65. The predicted octanol–water partition coefficient (Wildman–Crippen LogP) is 0.404. The summed E-state index contributed by atoms with van der Waals surface area (Å²) in [5.41, 5.74) is 2.37. The molecule has 0 saturated heterocycles. The monoisotopic (exact) mass is 169 g/mol. The highest BCUT2D eigenvalue weighted by Crippen LogP contribution is 2.22. The van der Waals surface area contributed by atoms with Crippen LogP contribution in [-0.4, -0.2) is 22.0 Å². The lowest BCUT2D eigenvalue weighted by Gasteiger charge is -2.12. The lowest BCUT2D eigenvalue weighted by Crippen LogP contribution is -2.20. The third-order valence-corrected chi connectivity index (χ3v) is 1.65. The molecule has 4 heteroatoms. The fraction of sp³-hybridized carbons (Fsp3) is 0.250. The van der Waals surface area contributed by atoms with Crippen LogP contribution in [0, 0.1) is 0 Å². The predicted molar refractivity (Wildman–Crippen MR) is 42.9 cm³/mol. The van der Waals surface area contributed by atoms with Gasteiger partial charge in [0.15, 0.2) is 0 Å². The fourth-order valence-electron chi connectivity index (χ4n) is 0.991. The molecule has 0 aliphatic carbocycles. The van der Waals surface area contributed by atoms with Crippen LogP contribution in [0.1, 0.15) is 11.6 Å². The molecule has 1 unspecified atom stereocenters. The number of aliphatic hydroxyl groups is 1. The molecule has 1 atom stereocenters. The molecule has 0 saturated carbocycles. The number of nitrogens with one attached hydrogen (secondary N) is 1. The zero-order valence-corrected chi connectivity index (χ0v) is 6.44. The smallest absolute Gasteiger partial charge is 0.120 e. The van der Waals surface area contributed by atoms with Crippen molar-refractivity contribution in [2.24, 2.45) is 0 Å². The van der Waals surface area contributed by atoms with Crippen LogP contribution in [0.3, 0.4) is 0 Å². The number of aromatic hydroxyl groups is 1. The molecule has 12 heavy (non-hydrogen) atoms. The van der Waals surface area contributed by atoms with Crippen LogP contribution in [0.15, 0.2) is 24.3 Å². The summed E-state index contributed by atoms with van der Waals surface area (Å²) in [4.78, 5) is 0. The minimum atomic E-state index is -0.633. The summed E-state index contributed by atoms with van der Waals surface area (Å²) in [5, 5.41) is 26.6. The maximum absolute atomic E-state index is 9.28. The van der Waals surface area contributed by atoms with Gasteiger partial charge in [-0.2, -0.15) is 5.48 Å². The van der Waals surface area contributed by atoms with Gasteiger partial charge in [-0.3, -0.25) is 0 Å². The maximum atomic E-state index is 9.28. The molecule has 1 rings (SSSR count). The Hall–Kier alpha value is -1.10. The van der Waals surface area contributed by atoms with Gasteiger partial charge in [0, 0.05) is 5.56 Å². The van der Waals surface area contributed by atoms with Gasteiger partial charge in [0.1, 0.15) is 5.75 Å². The number of rotatable bonds is 3. The molecule has 0 radical (unpaired) electrons. The van der Waals surface area contributed by atoms with Gasteiger partial charge in [-0.1, -0.05) is 18.2 Å². The largest absolute Gasteiger partial charge is 0.508 e. The van der Waals surface area contributed by atoms with E-state index in [4.69, 9.17) is 10.3 Å². The molecule has 4 nitrogen and oxygen atoms in total. The van der Waals surface area contributed by atoms with Crippen molar-refractivity contribution < 1.29 is 15.4 Å². The molecule has 0 amide bonds. The van der Waals surface area contributed by atoms with Crippen LogP contribution in [0.2, 0.25) is 0 Å². The highest BCUT2D eigenvalue weighted by molar-refractivity contribution is 5.34. The standard InChI is InChI=1S/C8H11NO3/c10-5-7(9-12)6-3-1-2-4-8(6)11/h1-4,7,9-12H,5H2. The Morgan fingerprint density at radius 1 is 1.33 bits per heavy atom. The van der Waals surface area contributed by atoms with Crippen molar-refractivity contribution >= 4 is 0 Å². The molecule has 0 spiro atoms. The lowest BCUT2D eigenvalue weighted by atomic mass is 10.1. The number of phenolic OH excluding ortho intramolecular Hbond substituents is 1. The van der Waals surface area contributed by atoms with Crippen molar-refractivity contribution in [3.63, 3.8) is 0 Å². The van der Waals surface area contributed by atoms with Crippen molar-refractivity contribution in [1.82, 2.24) is 5.48 Å². The molecule has 0 aromatic heterocycles. The second-order valence-corrected chi connectivity index (χ2v) is 2.42. The van der Waals surface area contributed by atoms with E-state index in [0.717, 1.165) is 0 Å². The normalized spacial score (nSPS) is 12.8. The van der Waals surface area contributed by atoms with E-state index >= 15 is 0 Å². The minimum absolute atomic E-state index is 0.0538. The highest BCUT2D eigenvalue weighted by atomic mass is 16.5. The number of hydroxylamine groups is 1. The van der Waals surface area contributed by atoms with E-state index in [0.29, 0.717) is 5.56 Å². The maximum Gasteiger partial charge on any atom is 0.120 e. The SMILES string of the molecule is OCC(NO)c1ccccc1O. The summed E-state index contributed by atoms with van der Waals surface area (Å²) in [6, 6.07) is 5.88. The first kappa shape index (κ1) is 8.99. The first-order valence-electron chi connectivity index (χ1n) is 3.58. The molecular formula is C8H11NO3. The zero-order chi connectivity index (χ0) is 8.97. The minimum Gasteiger partial charge on any atom is -0.508 e. The molecule has 0 fully saturated rings. The van der Waals surface area contributed by atoms with Gasteiger partial charge in [-0.05, 0) is 6.07 Å². The van der Waals surface area contributed by atoms with Crippen LogP contribution in [0.25, 0.3) is 0 Å². The highest BCUT2D eigenvalue weighted by Gasteiger charge is 2.11. The summed E-state index contributed by atoms with van der Waals surface area (Å²) in [5.74, 6) is 0.0538. The molecule has 0 aliphatic rings. The van der Waals surface area contributed by atoms with Gasteiger partial charge in [0.2, 0.25) is 0 Å². The fourth-order valence-corrected chi connectivity index (χ4v) is 0.991. The molecule has 0 aliphatic heterocycles. The summed E-state index contributed by atoms with van der Waals surface area (Å²) in [6.07, 6.45) is 0. The van der Waals surface area contributed by atoms with Crippen molar-refractivity contribution in [2.75, 3.05) is 6.61 Å². The molecule has 0 heterocycles. The first-order chi connectivity index (χ1) is 5.79. The topological polar surface area (TPSA) is 72.7 Å². The molecule has 4 N–H and O–H groups in total. The Labute approximate surface area is 70.0 Å². The van der Waals surface area contributed by atoms with E-state index < -0.39 is 6.04 Å². The zero-order valence-electron chi connectivity index (χ0n) is 6.44. The molecule has 0 bridgehead atoms. The van der Waals surface area contributed by atoms with Gasteiger partial charge in [0.05, 0.1) is 12.6 Å². The number of aliphatic hydroxyl groups excluding tert-OH is 1. The number of phenols is 1. The van der Waals surface area contributed by atoms with Crippen molar-refractivity contribution in [2.45, 2.75) is 6.04 Å². The van der Waals surface area contributed by atoms with Crippen LogP contribution in [-0.2, 0) is 0 Å². The molecule has 66 valence electrons. The average Bonchev–Trinajstić information content (AvgIpc) is 2.10. The number of hydrogen-bond donors (Lipinski definition) is 4. The summed E-state index contributed by atoms with van der Waals surface area (Å²) < 4.78 is 0. The van der Waals surface area contributed by atoms with Crippen molar-refractivity contribution in [3.05, 3.63) is 29.8 Å². The van der Waals surface area contributed by atoms with Gasteiger partial charge < -0.3 is 15.4 Å². The van der Waals surface area contributed by atoms with Crippen molar-refractivity contribution in [3.8, 4) is 5.75 Å². The van der Waals surface area contributed by atoms with Crippen LogP contribution in [0.5, 0.6) is 5.75 Å². The third kappa shape index (κ3) is 1.73. The van der Waals surface area contributed by atoms with E-state index in [-0.39, 0.29) is 12.4 Å². The molecule has 1 aromatic carbocycles. The van der Waals surface area contributed by atoms with E-state index in [9.17, 15) is 5.11 Å². The lowest BCUT2D eigenvalue weighted by molar-refractivity contribution is 0.0893. The Bertz CT molecular complexity index is 248. The van der Waals surface area contributed by atoms with E-state index in [2.05, 4.69) is 0 Å². The number of benzene rings is 1. The summed E-state index contributed by atoms with van der Waals surface area (Å²) in [7, 11) is 0. The van der Waals surface area contributed by atoms with E-state index in [1.807, 2.05) is 5.48 Å². The number of hydrogen-bond acceptors (Lipinski definition) is 4. The molecule has 1 aromatic rings. The van der Waals surface area contributed by atoms with Crippen LogP contribution >= 0.6 is 0 Å². The van der Waals surface area contributed by atoms with Gasteiger partial charge in [-0.15, -0.1) is 0 Å². The number of para-hydroxylation sites is 1. The van der Waals surface area contributed by atoms with E-state index in [1.54, 1.807) is 18.2 Å². The quantitative estimate of drug-likeness (QED) is 0.494. The van der Waals surface area contributed by atoms with E-state index in [1.165, 1.54) is 6.07 Å². The second-order valence-electron chi connectivity index (χ2n) is 2.42. The van der Waals surface area contributed by atoms with Gasteiger partial charge in [-0.25, -0.2) is 0 Å². The Morgan fingerprint density at radius 2 is 2.00 bits per heavy atom. The van der Waals surface area contributed by atoms with Crippen LogP contribution < -0.4 is 5.48 Å². The Morgan fingerprint density at radius 3 is 2.50 bits per heavy atom. The molecular weight excluding hydrogens is 158 g/mol. The van der Waals surface area contributed by atoms with Crippen LogP contribution in [0.4, 0.5) is 0 Å². The van der Waals surface area contributed by atoms with Crippen molar-refractivity contribution in [1.29, 1.82) is 0 Å². The summed E-state index contributed by atoms with van der Waals surface area (Å²) >= 11 is 0. The van der Waals surface area contributed by atoms with Gasteiger partial charge in [0.25, 0.3) is 0 Å². The first-order valence-corrected chi connectivity index (χ1v) is 3.58. The average molecular weight is 169 g/mol. The Kier molecular flexibility index (Phi) is 3.04. The van der Waals surface area contributed by atoms with Gasteiger partial charge >= 0.3 is 0 Å². The second kappa shape index (κ2) is 4.06. The Balaban J connectivity index is 2.92. The summed E-state index contributed by atoms with van der Waals surface area (Å²) in [6.45, 7) is -0.270.